The fourth-order valence-corrected chi connectivity index (χ4v) is 2.42. The average molecular weight is 330 g/mol. The van der Waals surface area contributed by atoms with Gasteiger partial charge in [-0.05, 0) is 54.4 Å². The second-order valence-corrected chi connectivity index (χ2v) is 5.72. The number of para-hydroxylation sites is 1. The molecule has 3 nitrogen and oxygen atoms in total. The molecule has 0 heterocycles. The molecule has 120 valence electrons. The molecule has 1 amide bonds. The van der Waals surface area contributed by atoms with Crippen LogP contribution in [0.2, 0.25) is 0 Å². The van der Waals surface area contributed by atoms with E-state index in [1.54, 1.807) is 0 Å². The molecule has 0 unspecified atom stereocenters. The molecular weight excluding hydrogens is 311 g/mol. The van der Waals surface area contributed by atoms with Crippen molar-refractivity contribution in [3.63, 3.8) is 0 Å². The Hall–Kier alpha value is -2.27. The smallest absolute Gasteiger partial charge is 0.257 e. The normalized spacial score (nSPS) is 11.6. The Kier molecular flexibility index (Phi) is 5.82. The van der Waals surface area contributed by atoms with Gasteiger partial charge in [-0.15, -0.1) is 0 Å². The maximum absolute atomic E-state index is 13.2. The number of rotatable bonds is 4. The van der Waals surface area contributed by atoms with Crippen LogP contribution >= 0.6 is 12.2 Å². The number of carbonyl (C=O) groups excluding carboxylic acids is 1. The molecule has 23 heavy (non-hydrogen) atoms. The number of thiocarbonyl (C=S) groups is 1. The first-order valence-electron chi connectivity index (χ1n) is 7.48. The van der Waals surface area contributed by atoms with Crippen molar-refractivity contribution in [2.45, 2.75) is 26.2 Å². The lowest BCUT2D eigenvalue weighted by atomic mass is 9.97. The standard InChI is InChI=1S/C18H19FN2OS/c1-3-12(2)15-9-4-5-10-16(15)20-18(23)21-17(22)13-7-6-8-14(19)11-13/h4-12H,3H2,1-2H3,(H2,20,21,22,23)/t12-/m0/s1. The van der Waals surface area contributed by atoms with Gasteiger partial charge in [-0.1, -0.05) is 38.1 Å². The van der Waals surface area contributed by atoms with Crippen LogP contribution in [0.3, 0.4) is 0 Å². The van der Waals surface area contributed by atoms with Gasteiger partial charge in [0, 0.05) is 11.3 Å². The molecule has 0 spiro atoms. The minimum atomic E-state index is -0.460. The summed E-state index contributed by atoms with van der Waals surface area (Å²) in [5, 5.41) is 5.81. The molecule has 1 atom stereocenters. The molecule has 0 fully saturated rings. The highest BCUT2D eigenvalue weighted by Gasteiger charge is 2.12. The molecule has 2 aromatic carbocycles. The molecule has 0 saturated carbocycles. The largest absolute Gasteiger partial charge is 0.332 e. The first kappa shape index (κ1) is 17.1. The van der Waals surface area contributed by atoms with Crippen LogP contribution in [0.1, 0.15) is 42.1 Å². The molecule has 2 rings (SSSR count). The van der Waals surface area contributed by atoms with E-state index in [2.05, 4.69) is 24.5 Å². The van der Waals surface area contributed by atoms with Crippen molar-refractivity contribution in [2.75, 3.05) is 5.32 Å². The van der Waals surface area contributed by atoms with Gasteiger partial charge in [-0.2, -0.15) is 0 Å². The number of hydrogen-bond donors (Lipinski definition) is 2. The average Bonchev–Trinajstić information content (AvgIpc) is 2.54. The lowest BCUT2D eigenvalue weighted by Crippen LogP contribution is -2.34. The highest BCUT2D eigenvalue weighted by atomic mass is 32.1. The van der Waals surface area contributed by atoms with E-state index in [1.807, 2.05) is 24.3 Å². The zero-order valence-electron chi connectivity index (χ0n) is 13.1. The number of halogens is 1. The Balaban J connectivity index is 2.07. The summed E-state index contributed by atoms with van der Waals surface area (Å²) in [5.74, 6) is -0.526. The number of hydrogen-bond acceptors (Lipinski definition) is 2. The van der Waals surface area contributed by atoms with Crippen LogP contribution in [0.25, 0.3) is 0 Å². The second-order valence-electron chi connectivity index (χ2n) is 5.32. The highest BCUT2D eigenvalue weighted by molar-refractivity contribution is 7.80. The zero-order chi connectivity index (χ0) is 16.8. The van der Waals surface area contributed by atoms with E-state index in [0.29, 0.717) is 5.92 Å². The van der Waals surface area contributed by atoms with Crippen LogP contribution in [0, 0.1) is 5.82 Å². The highest BCUT2D eigenvalue weighted by Crippen LogP contribution is 2.26. The predicted molar refractivity (Wildman–Crippen MR) is 95.2 cm³/mol. The Morgan fingerprint density at radius 2 is 1.96 bits per heavy atom. The zero-order valence-corrected chi connectivity index (χ0v) is 13.9. The molecule has 0 aliphatic rings. The molecular formula is C18H19FN2OS. The molecule has 0 radical (unpaired) electrons. The van der Waals surface area contributed by atoms with Crippen molar-refractivity contribution in [3.8, 4) is 0 Å². The first-order valence-corrected chi connectivity index (χ1v) is 7.89. The Labute approximate surface area is 140 Å². The molecule has 5 heteroatoms. The topological polar surface area (TPSA) is 41.1 Å². The third-order valence-electron chi connectivity index (χ3n) is 3.67. The maximum atomic E-state index is 13.2. The minimum absolute atomic E-state index is 0.190. The van der Waals surface area contributed by atoms with Crippen LogP contribution in [0.15, 0.2) is 48.5 Å². The SMILES string of the molecule is CC[C@H](C)c1ccccc1NC(=S)NC(=O)c1cccc(F)c1. The van der Waals surface area contributed by atoms with Crippen molar-refractivity contribution in [3.05, 3.63) is 65.5 Å². The minimum Gasteiger partial charge on any atom is -0.332 e. The van der Waals surface area contributed by atoms with Gasteiger partial charge >= 0.3 is 0 Å². The maximum Gasteiger partial charge on any atom is 0.257 e. The van der Waals surface area contributed by atoms with E-state index >= 15 is 0 Å². The van der Waals surface area contributed by atoms with Gasteiger partial charge < -0.3 is 5.32 Å². The number of benzene rings is 2. The third-order valence-corrected chi connectivity index (χ3v) is 3.87. The van der Waals surface area contributed by atoms with Gasteiger partial charge in [-0.3, -0.25) is 10.1 Å². The molecule has 0 aromatic heterocycles. The van der Waals surface area contributed by atoms with E-state index in [4.69, 9.17) is 12.2 Å². The van der Waals surface area contributed by atoms with Crippen LogP contribution in [-0.2, 0) is 0 Å². The van der Waals surface area contributed by atoms with Gasteiger partial charge in [-0.25, -0.2) is 4.39 Å². The Morgan fingerprint density at radius 1 is 1.22 bits per heavy atom. The molecule has 0 saturated heterocycles. The summed E-state index contributed by atoms with van der Waals surface area (Å²) < 4.78 is 13.2. The van der Waals surface area contributed by atoms with Crippen molar-refractivity contribution in [2.24, 2.45) is 0 Å². The summed E-state index contributed by atoms with van der Waals surface area (Å²) in [6.07, 6.45) is 1.00. The van der Waals surface area contributed by atoms with Crippen molar-refractivity contribution in [1.82, 2.24) is 5.32 Å². The van der Waals surface area contributed by atoms with E-state index in [-0.39, 0.29) is 10.7 Å². The quantitative estimate of drug-likeness (QED) is 0.813. The van der Waals surface area contributed by atoms with E-state index in [9.17, 15) is 9.18 Å². The lowest BCUT2D eigenvalue weighted by Gasteiger charge is -2.17. The summed E-state index contributed by atoms with van der Waals surface area (Å²) in [5.41, 5.74) is 2.23. The van der Waals surface area contributed by atoms with Crippen LogP contribution < -0.4 is 10.6 Å². The van der Waals surface area contributed by atoms with E-state index in [1.165, 1.54) is 24.3 Å². The number of carbonyl (C=O) groups is 1. The van der Waals surface area contributed by atoms with Gasteiger partial charge in [0.15, 0.2) is 5.11 Å². The van der Waals surface area contributed by atoms with Gasteiger partial charge in [0.2, 0.25) is 0 Å². The summed E-state index contributed by atoms with van der Waals surface area (Å²) in [7, 11) is 0. The summed E-state index contributed by atoms with van der Waals surface area (Å²) in [4.78, 5) is 12.1. The van der Waals surface area contributed by atoms with Crippen LogP contribution in [-0.4, -0.2) is 11.0 Å². The molecule has 0 bridgehead atoms. The summed E-state index contributed by atoms with van der Waals surface area (Å²) in [6, 6.07) is 13.3. The van der Waals surface area contributed by atoms with Crippen LogP contribution in [0.5, 0.6) is 0 Å². The first-order chi connectivity index (χ1) is 11.0. The fourth-order valence-electron chi connectivity index (χ4n) is 2.22. The number of anilines is 1. The van der Waals surface area contributed by atoms with Crippen molar-refractivity contribution >= 4 is 28.9 Å². The lowest BCUT2D eigenvalue weighted by molar-refractivity contribution is 0.0977. The summed E-state index contributed by atoms with van der Waals surface area (Å²) in [6.45, 7) is 4.25. The summed E-state index contributed by atoms with van der Waals surface area (Å²) >= 11 is 5.19. The van der Waals surface area contributed by atoms with E-state index < -0.39 is 11.7 Å². The fraction of sp³-hybridized carbons (Fsp3) is 0.222. The Bertz CT molecular complexity index is 718. The molecule has 0 aliphatic carbocycles. The molecule has 0 aliphatic heterocycles. The number of nitrogens with one attached hydrogen (secondary N) is 2. The van der Waals surface area contributed by atoms with Crippen molar-refractivity contribution in [1.29, 1.82) is 0 Å². The van der Waals surface area contributed by atoms with Gasteiger partial charge in [0.05, 0.1) is 0 Å². The van der Waals surface area contributed by atoms with Gasteiger partial charge in [0.25, 0.3) is 5.91 Å². The molecule has 2 aromatic rings. The second kappa shape index (κ2) is 7.83. The van der Waals surface area contributed by atoms with Crippen molar-refractivity contribution < 1.29 is 9.18 Å². The third kappa shape index (κ3) is 4.60. The predicted octanol–water partition coefficient (Wildman–Crippen LogP) is 4.47. The molecule has 2 N–H and O–H groups in total. The van der Waals surface area contributed by atoms with E-state index in [0.717, 1.165) is 17.7 Å². The van der Waals surface area contributed by atoms with Gasteiger partial charge in [0.1, 0.15) is 5.82 Å². The number of amides is 1. The Morgan fingerprint density at radius 3 is 2.65 bits per heavy atom. The monoisotopic (exact) mass is 330 g/mol. The van der Waals surface area contributed by atoms with Crippen LogP contribution in [0.4, 0.5) is 10.1 Å².